The molecule has 0 aromatic heterocycles. The second kappa shape index (κ2) is 16.7. The van der Waals surface area contributed by atoms with Gasteiger partial charge in [-0.2, -0.15) is 0 Å². The average molecular weight is 501 g/mol. The topological polar surface area (TPSA) is 61.8 Å². The Kier molecular flexibility index (Phi) is 14.0. The van der Waals surface area contributed by atoms with Gasteiger partial charge in [0.05, 0.1) is 12.2 Å². The summed E-state index contributed by atoms with van der Waals surface area (Å²) in [6.45, 7) is 7.52. The lowest BCUT2D eigenvalue weighted by Crippen LogP contribution is -2.45. The fourth-order valence-corrected chi connectivity index (χ4v) is 4.85. The Bertz CT molecular complexity index is 796. The molecule has 1 saturated heterocycles. The standard InChI is InChI=1S/C31H48O5/c1-5-6-7-8-9-10-11-12-13-14-15-16-29-24-30(36-31(3,4)35-29)23-27(33)20-17-26-18-21-28(22-19-26)34-25(2)32/h17-22,29-30H,5-16,23-24H2,1-4H3/b20-17+/t29-,30-/m0/s1. The summed E-state index contributed by atoms with van der Waals surface area (Å²) in [5.74, 6) is -0.487. The highest BCUT2D eigenvalue weighted by Gasteiger charge is 2.35. The summed E-state index contributed by atoms with van der Waals surface area (Å²) in [7, 11) is 0. The Labute approximate surface area is 219 Å². The SMILES string of the molecule is CCCCCCCCCCCCC[C@H]1C[C@H](CC(=O)/C=C/c2ccc(OC(C)=O)cc2)OC(C)(C)O1. The molecule has 0 spiro atoms. The highest BCUT2D eigenvalue weighted by Crippen LogP contribution is 2.31. The molecular formula is C31H48O5. The van der Waals surface area contributed by atoms with Crippen LogP contribution in [-0.4, -0.2) is 29.7 Å². The van der Waals surface area contributed by atoms with Gasteiger partial charge in [0, 0.05) is 19.8 Å². The smallest absolute Gasteiger partial charge is 0.308 e. The van der Waals surface area contributed by atoms with Gasteiger partial charge >= 0.3 is 5.97 Å². The first-order valence-electron chi connectivity index (χ1n) is 14.1. The minimum absolute atomic E-state index is 0.0372. The van der Waals surface area contributed by atoms with Gasteiger partial charge < -0.3 is 14.2 Å². The third kappa shape index (κ3) is 13.4. The molecular weight excluding hydrogens is 452 g/mol. The van der Waals surface area contributed by atoms with Crippen LogP contribution >= 0.6 is 0 Å². The third-order valence-corrected chi connectivity index (χ3v) is 6.59. The first kappa shape index (κ1) is 30.2. The lowest BCUT2D eigenvalue weighted by atomic mass is 9.98. The van der Waals surface area contributed by atoms with Crippen LogP contribution in [0.2, 0.25) is 0 Å². The molecule has 36 heavy (non-hydrogen) atoms. The number of allylic oxidation sites excluding steroid dienone is 1. The van der Waals surface area contributed by atoms with E-state index < -0.39 is 5.79 Å². The van der Waals surface area contributed by atoms with Crippen LogP contribution in [0.15, 0.2) is 30.3 Å². The first-order chi connectivity index (χ1) is 17.3. The van der Waals surface area contributed by atoms with Crippen molar-refractivity contribution in [3.05, 3.63) is 35.9 Å². The number of rotatable bonds is 17. The van der Waals surface area contributed by atoms with E-state index in [1.54, 1.807) is 24.3 Å². The largest absolute Gasteiger partial charge is 0.427 e. The number of esters is 1. The van der Waals surface area contributed by atoms with Crippen molar-refractivity contribution in [2.45, 2.75) is 136 Å². The van der Waals surface area contributed by atoms with Gasteiger partial charge in [-0.15, -0.1) is 0 Å². The molecule has 0 unspecified atom stereocenters. The summed E-state index contributed by atoms with van der Waals surface area (Å²) < 4.78 is 17.3. The van der Waals surface area contributed by atoms with E-state index in [0.717, 1.165) is 18.4 Å². The van der Waals surface area contributed by atoms with Crippen molar-refractivity contribution in [1.82, 2.24) is 0 Å². The van der Waals surface area contributed by atoms with Crippen molar-refractivity contribution < 1.29 is 23.8 Å². The molecule has 0 radical (unpaired) electrons. The highest BCUT2D eigenvalue weighted by atomic mass is 16.7. The quantitative estimate of drug-likeness (QED) is 0.0933. The summed E-state index contributed by atoms with van der Waals surface area (Å²) in [6.07, 6.45) is 20.2. The van der Waals surface area contributed by atoms with E-state index in [1.807, 2.05) is 26.0 Å². The molecule has 0 aliphatic carbocycles. The van der Waals surface area contributed by atoms with Crippen LogP contribution in [0.1, 0.15) is 123 Å². The van der Waals surface area contributed by atoms with Crippen LogP contribution in [0.3, 0.4) is 0 Å². The normalized spacial score (nSPS) is 19.4. The summed E-state index contributed by atoms with van der Waals surface area (Å²) in [5.41, 5.74) is 0.877. The van der Waals surface area contributed by atoms with Crippen molar-refractivity contribution in [3.8, 4) is 5.75 Å². The molecule has 0 saturated carbocycles. The van der Waals surface area contributed by atoms with Gasteiger partial charge in [0.2, 0.25) is 0 Å². The maximum atomic E-state index is 12.6. The van der Waals surface area contributed by atoms with Crippen LogP contribution in [0.4, 0.5) is 0 Å². The highest BCUT2D eigenvalue weighted by molar-refractivity contribution is 5.93. The molecule has 1 heterocycles. The van der Waals surface area contributed by atoms with Gasteiger partial charge in [0.1, 0.15) is 5.75 Å². The van der Waals surface area contributed by atoms with Gasteiger partial charge in [-0.3, -0.25) is 9.59 Å². The van der Waals surface area contributed by atoms with E-state index in [-0.39, 0.29) is 24.0 Å². The fourth-order valence-electron chi connectivity index (χ4n) is 4.85. The van der Waals surface area contributed by atoms with E-state index in [1.165, 1.54) is 77.6 Å². The number of benzene rings is 1. The molecule has 0 bridgehead atoms. The molecule has 2 atom stereocenters. The molecule has 1 aromatic rings. The molecule has 2 rings (SSSR count). The van der Waals surface area contributed by atoms with Gasteiger partial charge in [-0.1, -0.05) is 95.8 Å². The van der Waals surface area contributed by atoms with Crippen molar-refractivity contribution in [3.63, 3.8) is 0 Å². The molecule has 1 aromatic carbocycles. The number of carbonyl (C=O) groups excluding carboxylic acids is 2. The van der Waals surface area contributed by atoms with Crippen LogP contribution in [0.25, 0.3) is 6.08 Å². The van der Waals surface area contributed by atoms with Crippen molar-refractivity contribution >= 4 is 17.8 Å². The van der Waals surface area contributed by atoms with E-state index in [2.05, 4.69) is 6.92 Å². The number of ether oxygens (including phenoxy) is 3. The first-order valence-corrected chi connectivity index (χ1v) is 14.1. The fraction of sp³-hybridized carbons (Fsp3) is 0.677. The van der Waals surface area contributed by atoms with Gasteiger partial charge in [-0.25, -0.2) is 0 Å². The predicted octanol–water partition coefficient (Wildman–Crippen LogP) is 8.20. The van der Waals surface area contributed by atoms with Crippen LogP contribution in [0.5, 0.6) is 5.75 Å². The molecule has 0 N–H and O–H groups in total. The zero-order valence-corrected chi connectivity index (χ0v) is 23.1. The Morgan fingerprint density at radius 1 is 0.889 bits per heavy atom. The number of hydrogen-bond acceptors (Lipinski definition) is 5. The zero-order chi connectivity index (χ0) is 26.2. The van der Waals surface area contributed by atoms with Crippen LogP contribution in [0, 0.1) is 0 Å². The van der Waals surface area contributed by atoms with E-state index in [4.69, 9.17) is 14.2 Å². The van der Waals surface area contributed by atoms with E-state index >= 15 is 0 Å². The number of unbranched alkanes of at least 4 members (excludes halogenated alkanes) is 10. The van der Waals surface area contributed by atoms with Crippen molar-refractivity contribution in [2.75, 3.05) is 0 Å². The predicted molar refractivity (Wildman–Crippen MR) is 146 cm³/mol. The summed E-state index contributed by atoms with van der Waals surface area (Å²) in [5, 5.41) is 0. The minimum Gasteiger partial charge on any atom is -0.427 e. The van der Waals surface area contributed by atoms with Crippen LogP contribution in [-0.2, 0) is 19.1 Å². The molecule has 1 fully saturated rings. The Morgan fingerprint density at radius 3 is 2.03 bits per heavy atom. The molecule has 5 nitrogen and oxygen atoms in total. The van der Waals surface area contributed by atoms with Crippen molar-refractivity contribution in [1.29, 1.82) is 0 Å². The van der Waals surface area contributed by atoms with Crippen molar-refractivity contribution in [2.24, 2.45) is 0 Å². The molecule has 1 aliphatic heterocycles. The molecule has 5 heteroatoms. The zero-order valence-electron chi connectivity index (χ0n) is 23.1. The maximum Gasteiger partial charge on any atom is 0.308 e. The average Bonchev–Trinajstić information content (AvgIpc) is 2.81. The summed E-state index contributed by atoms with van der Waals surface area (Å²) in [4.78, 5) is 23.6. The Hall–Kier alpha value is -1.98. The number of ketones is 1. The van der Waals surface area contributed by atoms with E-state index in [9.17, 15) is 9.59 Å². The molecule has 0 amide bonds. The number of carbonyl (C=O) groups is 2. The van der Waals surface area contributed by atoms with Gasteiger partial charge in [0.25, 0.3) is 0 Å². The van der Waals surface area contributed by atoms with E-state index in [0.29, 0.717) is 12.2 Å². The molecule has 202 valence electrons. The Balaban J connectivity index is 1.66. The summed E-state index contributed by atoms with van der Waals surface area (Å²) >= 11 is 0. The van der Waals surface area contributed by atoms with Gasteiger partial charge in [0.15, 0.2) is 11.6 Å². The second-order valence-corrected chi connectivity index (χ2v) is 10.6. The minimum atomic E-state index is -0.665. The Morgan fingerprint density at radius 2 is 1.44 bits per heavy atom. The third-order valence-electron chi connectivity index (χ3n) is 6.59. The number of hydrogen-bond donors (Lipinski definition) is 0. The second-order valence-electron chi connectivity index (χ2n) is 10.6. The van der Waals surface area contributed by atoms with Crippen LogP contribution < -0.4 is 4.74 Å². The lowest BCUT2D eigenvalue weighted by Gasteiger charge is -2.40. The summed E-state index contributed by atoms with van der Waals surface area (Å²) in [6, 6.07) is 7.07. The van der Waals surface area contributed by atoms with Gasteiger partial charge in [-0.05, 0) is 44.0 Å². The lowest BCUT2D eigenvalue weighted by molar-refractivity contribution is -0.299. The maximum absolute atomic E-state index is 12.6. The monoisotopic (exact) mass is 500 g/mol. The molecule has 1 aliphatic rings.